The van der Waals surface area contributed by atoms with E-state index in [4.69, 9.17) is 4.74 Å². The SMILES string of the molecule is COc1ccc(CCCCNC(=O)c2ccccc2CNCCc2c[nH]c3ccc(O)cc23)cc1. The van der Waals surface area contributed by atoms with Crippen LogP contribution in [-0.4, -0.2) is 36.2 Å². The van der Waals surface area contributed by atoms with Crippen molar-refractivity contribution in [1.82, 2.24) is 15.6 Å². The Morgan fingerprint density at radius 2 is 1.77 bits per heavy atom. The van der Waals surface area contributed by atoms with Crippen molar-refractivity contribution in [3.63, 3.8) is 0 Å². The van der Waals surface area contributed by atoms with Gasteiger partial charge in [0.2, 0.25) is 0 Å². The molecule has 0 spiro atoms. The summed E-state index contributed by atoms with van der Waals surface area (Å²) in [5.41, 5.74) is 5.15. The quantitative estimate of drug-likeness (QED) is 0.220. The van der Waals surface area contributed by atoms with Crippen LogP contribution in [-0.2, 0) is 19.4 Å². The molecule has 0 bridgehead atoms. The standard InChI is InChI=1S/C29H33N3O3/c1-35-25-12-9-21(10-13-25)6-4-5-16-31-29(34)26-8-3-2-7-22(26)19-30-17-15-23-20-32-28-14-11-24(33)18-27(23)28/h2-3,7-14,18,20,30,32-33H,4-6,15-17,19H2,1H3,(H,31,34). The maximum atomic E-state index is 12.8. The predicted molar refractivity (Wildman–Crippen MR) is 140 cm³/mol. The van der Waals surface area contributed by atoms with Gasteiger partial charge in [-0.05, 0) is 85.3 Å². The van der Waals surface area contributed by atoms with Crippen molar-refractivity contribution in [2.75, 3.05) is 20.2 Å². The van der Waals surface area contributed by atoms with Crippen molar-refractivity contribution in [1.29, 1.82) is 0 Å². The number of carbonyl (C=O) groups excluding carboxylic acids is 1. The molecule has 35 heavy (non-hydrogen) atoms. The number of unbranched alkanes of at least 4 members (excludes halogenated alkanes) is 1. The molecular weight excluding hydrogens is 438 g/mol. The number of aryl methyl sites for hydroxylation is 1. The molecule has 3 aromatic carbocycles. The average Bonchev–Trinajstić information content (AvgIpc) is 3.28. The summed E-state index contributed by atoms with van der Waals surface area (Å²) < 4.78 is 5.20. The number of carbonyl (C=O) groups is 1. The summed E-state index contributed by atoms with van der Waals surface area (Å²) >= 11 is 0. The minimum Gasteiger partial charge on any atom is -0.508 e. The van der Waals surface area contributed by atoms with Crippen LogP contribution in [0.4, 0.5) is 0 Å². The molecule has 6 nitrogen and oxygen atoms in total. The number of H-pyrrole nitrogens is 1. The zero-order valence-corrected chi connectivity index (χ0v) is 20.1. The number of aromatic hydroxyl groups is 1. The van der Waals surface area contributed by atoms with Gasteiger partial charge < -0.3 is 25.5 Å². The van der Waals surface area contributed by atoms with E-state index in [1.165, 1.54) is 5.56 Å². The number of methoxy groups -OCH3 is 1. The number of benzene rings is 3. The highest BCUT2D eigenvalue weighted by Crippen LogP contribution is 2.23. The van der Waals surface area contributed by atoms with E-state index in [0.717, 1.165) is 60.0 Å². The fourth-order valence-electron chi connectivity index (χ4n) is 4.26. The van der Waals surface area contributed by atoms with Crippen LogP contribution in [0.25, 0.3) is 10.9 Å². The van der Waals surface area contributed by atoms with E-state index in [1.54, 1.807) is 19.2 Å². The molecule has 1 aromatic heterocycles. The van der Waals surface area contributed by atoms with Crippen molar-refractivity contribution in [2.45, 2.75) is 32.2 Å². The normalized spacial score (nSPS) is 11.0. The van der Waals surface area contributed by atoms with Crippen LogP contribution in [0.2, 0.25) is 0 Å². The van der Waals surface area contributed by atoms with E-state index in [0.29, 0.717) is 18.7 Å². The Bertz CT molecular complexity index is 1250. The molecule has 1 heterocycles. The van der Waals surface area contributed by atoms with E-state index in [1.807, 2.05) is 48.7 Å². The van der Waals surface area contributed by atoms with Gasteiger partial charge in [-0.15, -0.1) is 0 Å². The molecule has 4 aromatic rings. The van der Waals surface area contributed by atoms with Gasteiger partial charge >= 0.3 is 0 Å². The molecular formula is C29H33N3O3. The summed E-state index contributed by atoms with van der Waals surface area (Å²) in [6.45, 7) is 2.04. The maximum Gasteiger partial charge on any atom is 0.251 e. The number of hydrogen-bond acceptors (Lipinski definition) is 4. The van der Waals surface area contributed by atoms with Gasteiger partial charge in [0.05, 0.1) is 7.11 Å². The molecule has 0 saturated carbocycles. The number of aromatic amines is 1. The van der Waals surface area contributed by atoms with Crippen LogP contribution >= 0.6 is 0 Å². The first-order chi connectivity index (χ1) is 17.1. The lowest BCUT2D eigenvalue weighted by molar-refractivity contribution is 0.0952. The van der Waals surface area contributed by atoms with Crippen LogP contribution in [0.5, 0.6) is 11.5 Å². The Morgan fingerprint density at radius 1 is 0.943 bits per heavy atom. The smallest absolute Gasteiger partial charge is 0.251 e. The van der Waals surface area contributed by atoms with Gasteiger partial charge in [-0.2, -0.15) is 0 Å². The number of rotatable bonds is 12. The maximum absolute atomic E-state index is 12.8. The second kappa shape index (κ2) is 12.1. The topological polar surface area (TPSA) is 86.4 Å². The van der Waals surface area contributed by atoms with Crippen LogP contribution in [0.3, 0.4) is 0 Å². The number of phenols is 1. The van der Waals surface area contributed by atoms with Gasteiger partial charge in [-0.25, -0.2) is 0 Å². The lowest BCUT2D eigenvalue weighted by Gasteiger charge is -2.11. The summed E-state index contributed by atoms with van der Waals surface area (Å²) in [5.74, 6) is 1.11. The summed E-state index contributed by atoms with van der Waals surface area (Å²) in [7, 11) is 1.67. The first kappa shape index (κ1) is 24.4. The average molecular weight is 472 g/mol. The molecule has 0 unspecified atom stereocenters. The molecule has 0 atom stereocenters. The third-order valence-electron chi connectivity index (χ3n) is 6.24. The molecule has 0 saturated heterocycles. The zero-order valence-electron chi connectivity index (χ0n) is 20.1. The third kappa shape index (κ3) is 6.64. The van der Waals surface area contributed by atoms with Crippen LogP contribution < -0.4 is 15.4 Å². The fourth-order valence-corrected chi connectivity index (χ4v) is 4.26. The second-order valence-electron chi connectivity index (χ2n) is 8.69. The van der Waals surface area contributed by atoms with Gasteiger partial charge in [0.25, 0.3) is 5.91 Å². The number of hydrogen-bond donors (Lipinski definition) is 4. The highest BCUT2D eigenvalue weighted by atomic mass is 16.5. The van der Waals surface area contributed by atoms with E-state index in [9.17, 15) is 9.90 Å². The summed E-state index contributed by atoms with van der Waals surface area (Å²) in [6.07, 6.45) is 5.74. The molecule has 1 amide bonds. The van der Waals surface area contributed by atoms with Crippen LogP contribution in [0, 0.1) is 0 Å². The number of nitrogens with one attached hydrogen (secondary N) is 3. The van der Waals surface area contributed by atoms with E-state index in [2.05, 4.69) is 27.8 Å². The molecule has 0 aliphatic rings. The lowest BCUT2D eigenvalue weighted by Crippen LogP contribution is -2.27. The first-order valence-corrected chi connectivity index (χ1v) is 12.1. The van der Waals surface area contributed by atoms with Gasteiger partial charge in [0, 0.05) is 35.8 Å². The summed E-state index contributed by atoms with van der Waals surface area (Å²) in [5, 5.41) is 17.3. The van der Waals surface area contributed by atoms with Crippen molar-refractivity contribution < 1.29 is 14.6 Å². The Labute approximate surface area is 206 Å². The Balaban J connectivity index is 1.21. The number of aromatic nitrogens is 1. The number of amides is 1. The highest BCUT2D eigenvalue weighted by Gasteiger charge is 2.10. The number of fused-ring (bicyclic) bond motifs is 1. The van der Waals surface area contributed by atoms with Gasteiger partial charge in [0.1, 0.15) is 11.5 Å². The fraction of sp³-hybridized carbons (Fsp3) is 0.276. The molecule has 0 fully saturated rings. The van der Waals surface area contributed by atoms with Crippen LogP contribution in [0.15, 0.2) is 72.9 Å². The highest BCUT2D eigenvalue weighted by molar-refractivity contribution is 5.95. The number of phenolic OH excluding ortho intramolecular Hbond substituents is 1. The summed E-state index contributed by atoms with van der Waals surface area (Å²) in [4.78, 5) is 16.0. The minimum atomic E-state index is -0.0287. The zero-order chi connectivity index (χ0) is 24.5. The Hall–Kier alpha value is -3.77. The van der Waals surface area contributed by atoms with E-state index < -0.39 is 0 Å². The second-order valence-corrected chi connectivity index (χ2v) is 8.69. The predicted octanol–water partition coefficient (Wildman–Crippen LogP) is 4.97. The first-order valence-electron chi connectivity index (χ1n) is 12.1. The van der Waals surface area contributed by atoms with Gasteiger partial charge in [0.15, 0.2) is 0 Å². The summed E-state index contributed by atoms with van der Waals surface area (Å²) in [6, 6.07) is 21.2. The number of ether oxygens (including phenoxy) is 1. The van der Waals surface area contributed by atoms with Gasteiger partial charge in [-0.3, -0.25) is 4.79 Å². The molecule has 0 aliphatic carbocycles. The molecule has 4 rings (SSSR count). The van der Waals surface area contributed by atoms with E-state index in [-0.39, 0.29) is 11.7 Å². The van der Waals surface area contributed by atoms with E-state index >= 15 is 0 Å². The van der Waals surface area contributed by atoms with Crippen molar-refractivity contribution in [3.05, 3.63) is 95.2 Å². The van der Waals surface area contributed by atoms with Gasteiger partial charge in [-0.1, -0.05) is 30.3 Å². The minimum absolute atomic E-state index is 0.0287. The van der Waals surface area contributed by atoms with Crippen molar-refractivity contribution in [2.24, 2.45) is 0 Å². The Morgan fingerprint density at radius 3 is 2.60 bits per heavy atom. The Kier molecular flexibility index (Phi) is 8.41. The molecule has 182 valence electrons. The lowest BCUT2D eigenvalue weighted by atomic mass is 10.1. The monoisotopic (exact) mass is 471 g/mol. The molecule has 4 N–H and O–H groups in total. The van der Waals surface area contributed by atoms with Crippen LogP contribution in [0.1, 0.15) is 39.9 Å². The molecule has 6 heteroatoms. The largest absolute Gasteiger partial charge is 0.508 e. The van der Waals surface area contributed by atoms with Crippen molar-refractivity contribution in [3.8, 4) is 11.5 Å². The molecule has 0 aliphatic heterocycles. The third-order valence-corrected chi connectivity index (χ3v) is 6.24. The molecule has 0 radical (unpaired) electrons. The van der Waals surface area contributed by atoms with Crippen molar-refractivity contribution >= 4 is 16.8 Å².